The third-order valence-corrected chi connectivity index (χ3v) is 6.52. The van der Waals surface area contributed by atoms with E-state index in [-0.39, 0.29) is 17.9 Å². The predicted molar refractivity (Wildman–Crippen MR) is 142 cm³/mol. The van der Waals surface area contributed by atoms with Crippen LogP contribution in [0.3, 0.4) is 0 Å². The first-order valence-electron chi connectivity index (χ1n) is 11.9. The summed E-state index contributed by atoms with van der Waals surface area (Å²) in [7, 11) is 0. The van der Waals surface area contributed by atoms with Crippen molar-refractivity contribution in [1.82, 2.24) is 9.97 Å². The molecule has 0 aliphatic carbocycles. The normalized spacial score (nSPS) is 17.6. The molecule has 2 aromatic heterocycles. The van der Waals surface area contributed by atoms with Crippen LogP contribution in [0.4, 0.5) is 11.4 Å². The van der Waals surface area contributed by atoms with Gasteiger partial charge in [-0.25, -0.2) is 0 Å². The Balaban J connectivity index is 1.16. The number of nitrogens with two attached hydrogens (primary N) is 1. The van der Waals surface area contributed by atoms with Gasteiger partial charge in [0.15, 0.2) is 0 Å². The summed E-state index contributed by atoms with van der Waals surface area (Å²) in [5, 5.41) is 2.93. The lowest BCUT2D eigenvalue weighted by molar-refractivity contribution is -0.110. The van der Waals surface area contributed by atoms with Gasteiger partial charge in [0.25, 0.3) is 5.91 Å². The second-order valence-electron chi connectivity index (χ2n) is 9.06. The number of pyridine rings is 1. The number of aromatic nitrogens is 2. The largest absolute Gasteiger partial charge is 0.490 e. The summed E-state index contributed by atoms with van der Waals surface area (Å²) >= 11 is 0. The molecule has 7 nitrogen and oxygen atoms in total. The molecule has 1 amide bonds. The van der Waals surface area contributed by atoms with Crippen molar-refractivity contribution >= 4 is 35.1 Å². The number of rotatable bonds is 7. The van der Waals surface area contributed by atoms with Gasteiger partial charge in [-0.15, -0.1) is 0 Å². The van der Waals surface area contributed by atoms with E-state index in [0.717, 1.165) is 40.2 Å². The zero-order valence-corrected chi connectivity index (χ0v) is 19.5. The molecule has 2 atom stereocenters. The molecule has 0 radical (unpaired) electrons. The van der Waals surface area contributed by atoms with E-state index in [1.54, 1.807) is 12.4 Å². The van der Waals surface area contributed by atoms with Gasteiger partial charge in [-0.3, -0.25) is 14.8 Å². The lowest BCUT2D eigenvalue weighted by Gasteiger charge is -2.17. The van der Waals surface area contributed by atoms with Crippen molar-refractivity contribution in [3.8, 4) is 16.9 Å². The molecule has 0 saturated carbocycles. The maximum absolute atomic E-state index is 12.6. The number of nitrogens with one attached hydrogen (secondary N) is 2. The quantitative estimate of drug-likeness (QED) is 0.321. The van der Waals surface area contributed by atoms with Crippen LogP contribution in [-0.4, -0.2) is 34.7 Å². The average molecular weight is 476 g/mol. The summed E-state index contributed by atoms with van der Waals surface area (Å²) < 4.78 is 6.02. The highest BCUT2D eigenvalue weighted by atomic mass is 16.5. The van der Waals surface area contributed by atoms with Gasteiger partial charge in [0.05, 0.1) is 17.5 Å². The Morgan fingerprint density at radius 1 is 1.06 bits per heavy atom. The maximum atomic E-state index is 12.6. The molecule has 7 heteroatoms. The third-order valence-electron chi connectivity index (χ3n) is 6.52. The van der Waals surface area contributed by atoms with Crippen LogP contribution >= 0.6 is 0 Å². The van der Waals surface area contributed by atoms with E-state index in [4.69, 9.17) is 10.5 Å². The predicted octanol–water partition coefficient (Wildman–Crippen LogP) is 5.17. The van der Waals surface area contributed by atoms with Crippen molar-refractivity contribution in [3.63, 3.8) is 0 Å². The molecule has 0 bridgehead atoms. The van der Waals surface area contributed by atoms with Crippen molar-refractivity contribution in [2.24, 2.45) is 10.7 Å². The Bertz CT molecular complexity index is 1490. The molecule has 0 fully saturated rings. The Hall–Kier alpha value is -4.49. The third kappa shape index (κ3) is 4.32. The van der Waals surface area contributed by atoms with Crippen molar-refractivity contribution < 1.29 is 9.53 Å². The van der Waals surface area contributed by atoms with Crippen LogP contribution in [0, 0.1) is 0 Å². The van der Waals surface area contributed by atoms with Gasteiger partial charge in [0, 0.05) is 53.1 Å². The molecular weight excluding hydrogens is 450 g/mol. The van der Waals surface area contributed by atoms with Crippen molar-refractivity contribution in [3.05, 3.63) is 96.1 Å². The van der Waals surface area contributed by atoms with Crippen molar-refractivity contribution in [1.29, 1.82) is 0 Å². The van der Waals surface area contributed by atoms with E-state index in [2.05, 4.69) is 26.3 Å². The fourth-order valence-electron chi connectivity index (χ4n) is 4.71. The lowest BCUT2D eigenvalue weighted by Crippen LogP contribution is -2.29. The first kappa shape index (κ1) is 22.0. The smallest absolute Gasteiger partial charge is 0.256 e. The maximum Gasteiger partial charge on any atom is 0.256 e. The van der Waals surface area contributed by atoms with E-state index in [1.807, 2.05) is 73.1 Å². The zero-order valence-electron chi connectivity index (χ0n) is 19.5. The number of aromatic amines is 1. The monoisotopic (exact) mass is 475 g/mol. The molecule has 2 aliphatic heterocycles. The minimum absolute atomic E-state index is 0.115. The molecular formula is C29H25N5O2. The van der Waals surface area contributed by atoms with E-state index in [0.29, 0.717) is 17.9 Å². The van der Waals surface area contributed by atoms with E-state index < -0.39 is 0 Å². The van der Waals surface area contributed by atoms with E-state index in [9.17, 15) is 4.79 Å². The van der Waals surface area contributed by atoms with Gasteiger partial charge in [0.1, 0.15) is 12.4 Å². The topological polar surface area (TPSA) is 105 Å². The van der Waals surface area contributed by atoms with Crippen LogP contribution in [0.5, 0.6) is 5.75 Å². The van der Waals surface area contributed by atoms with E-state index >= 15 is 0 Å². The number of hydrogen-bond donors (Lipinski definition) is 3. The number of ether oxygens (including phenoxy) is 1. The number of para-hydroxylation sites is 1. The van der Waals surface area contributed by atoms with Gasteiger partial charge in [-0.05, 0) is 60.0 Å². The summed E-state index contributed by atoms with van der Waals surface area (Å²) in [6.07, 6.45) is 9.90. The second-order valence-corrected chi connectivity index (χ2v) is 9.06. The molecule has 4 heterocycles. The van der Waals surface area contributed by atoms with Crippen molar-refractivity contribution in [2.75, 3.05) is 11.9 Å². The molecule has 1 unspecified atom stereocenters. The molecule has 2 aromatic carbocycles. The minimum atomic E-state index is -0.144. The fraction of sp³-hybridized carbons (Fsp3) is 0.138. The Kier molecular flexibility index (Phi) is 5.67. The number of aliphatic imine (C=N–C) groups is 1. The summed E-state index contributed by atoms with van der Waals surface area (Å²) in [5.41, 5.74) is 13.6. The van der Waals surface area contributed by atoms with E-state index in [1.165, 1.54) is 5.56 Å². The molecule has 4 N–H and O–H groups in total. The highest BCUT2D eigenvalue weighted by molar-refractivity contribution is 6.35. The van der Waals surface area contributed by atoms with Gasteiger partial charge >= 0.3 is 0 Å². The number of carbonyl (C=O) groups excluding carboxylic acids is 1. The van der Waals surface area contributed by atoms with Gasteiger partial charge in [-0.2, -0.15) is 0 Å². The number of amides is 1. The summed E-state index contributed by atoms with van der Waals surface area (Å²) in [4.78, 5) is 24.5. The molecule has 0 saturated heterocycles. The van der Waals surface area contributed by atoms with Crippen LogP contribution in [0.15, 0.2) is 84.2 Å². The molecule has 6 rings (SSSR count). The first-order chi connectivity index (χ1) is 17.6. The number of benzene rings is 2. The molecule has 4 aromatic rings. The second kappa shape index (κ2) is 9.28. The van der Waals surface area contributed by atoms with Crippen LogP contribution in [-0.2, 0) is 4.79 Å². The number of nitrogens with zero attached hydrogens (tertiary/aromatic N) is 2. The Morgan fingerprint density at radius 3 is 2.86 bits per heavy atom. The van der Waals surface area contributed by atoms with Crippen LogP contribution in [0.25, 0.3) is 22.8 Å². The van der Waals surface area contributed by atoms with Gasteiger partial charge in [-0.1, -0.05) is 24.3 Å². The van der Waals surface area contributed by atoms with Gasteiger partial charge in [0.2, 0.25) is 0 Å². The fourth-order valence-corrected chi connectivity index (χ4v) is 4.71. The number of H-pyrrole nitrogens is 1. The minimum Gasteiger partial charge on any atom is -0.490 e. The number of hydrogen-bond acceptors (Lipinski definition) is 5. The Morgan fingerprint density at radius 2 is 1.97 bits per heavy atom. The highest BCUT2D eigenvalue weighted by Crippen LogP contribution is 2.37. The lowest BCUT2D eigenvalue weighted by atomic mass is 9.94. The molecule has 0 spiro atoms. The van der Waals surface area contributed by atoms with Crippen LogP contribution in [0.2, 0.25) is 0 Å². The first-order valence-corrected chi connectivity index (χ1v) is 11.9. The zero-order chi connectivity index (χ0) is 24.5. The van der Waals surface area contributed by atoms with Crippen LogP contribution < -0.4 is 15.8 Å². The molecule has 2 aliphatic rings. The summed E-state index contributed by atoms with van der Waals surface area (Å²) in [5.74, 6) is 0.747. The van der Waals surface area contributed by atoms with Gasteiger partial charge < -0.3 is 20.8 Å². The summed E-state index contributed by atoms with van der Waals surface area (Å²) in [6, 6.07) is 19.7. The molecule has 178 valence electrons. The summed E-state index contributed by atoms with van der Waals surface area (Å²) in [6.45, 7) is 0.378. The van der Waals surface area contributed by atoms with Crippen LogP contribution in [0.1, 0.15) is 29.2 Å². The number of fused-ring (bicyclic) bond motifs is 2. The number of carbonyl (C=O) groups is 1. The standard InChI is InChI=1S/C29H25N5O2/c30-21(10-20-15-33-27-6-2-1-5-24(20)27)17-36-23-11-19(14-31-16-23)18-7-8-28-25(12-18)26(29(35)34-28)13-22-4-3-9-32-22/h1-9,11-16,20-21,32H,10,17,30H2,(H,34,35)/b26-13-/t20?,21-/m0/s1. The SMILES string of the molecule is N[C@H](COc1cncc(-c2ccc3c(c2)/C(=C/c2ccc[nH]2)C(=O)N3)c1)CC1C=Nc2ccccc21. The molecule has 36 heavy (non-hydrogen) atoms. The number of anilines is 1. The highest BCUT2D eigenvalue weighted by Gasteiger charge is 2.25. The average Bonchev–Trinajstić information content (AvgIpc) is 3.63. The van der Waals surface area contributed by atoms with Crippen molar-refractivity contribution in [2.45, 2.75) is 18.4 Å². The Labute approximate surface area is 208 Å².